The van der Waals surface area contributed by atoms with Crippen molar-refractivity contribution in [3.8, 4) is 0 Å². The van der Waals surface area contributed by atoms with Crippen molar-refractivity contribution in [3.63, 3.8) is 0 Å². The van der Waals surface area contributed by atoms with Crippen molar-refractivity contribution in [2.45, 2.75) is 38.6 Å². The van der Waals surface area contributed by atoms with Crippen LogP contribution in [-0.4, -0.2) is 36.0 Å². The molecule has 0 saturated carbocycles. The molecule has 26 heavy (non-hydrogen) atoms. The van der Waals surface area contributed by atoms with Crippen LogP contribution in [0.4, 0.5) is 10.5 Å². The molecule has 1 saturated heterocycles. The van der Waals surface area contributed by atoms with E-state index in [-0.39, 0.29) is 18.0 Å². The van der Waals surface area contributed by atoms with Crippen LogP contribution in [0.15, 0.2) is 41.1 Å². The van der Waals surface area contributed by atoms with Crippen LogP contribution in [0.1, 0.15) is 30.9 Å². The monoisotopic (exact) mass is 371 g/mol. The van der Waals surface area contributed by atoms with E-state index in [1.807, 2.05) is 41.5 Å². The molecule has 0 aliphatic carbocycles. The van der Waals surface area contributed by atoms with Crippen LogP contribution in [0, 0.1) is 0 Å². The summed E-state index contributed by atoms with van der Waals surface area (Å²) in [6.45, 7) is 3.74. The third-order valence-electron chi connectivity index (χ3n) is 4.53. The highest BCUT2D eigenvalue weighted by atomic mass is 32.1. The minimum absolute atomic E-state index is 0.0574. The van der Waals surface area contributed by atoms with Crippen molar-refractivity contribution in [1.29, 1.82) is 0 Å². The molecule has 138 valence electrons. The van der Waals surface area contributed by atoms with E-state index in [1.54, 1.807) is 11.3 Å². The Bertz CT molecular complexity index is 722. The SMILES string of the molecule is C[C@@H](Cc1ccsc1)NC(=O)Nc1ccc(CC(=O)N2CCCC2)cc1. The van der Waals surface area contributed by atoms with E-state index in [4.69, 9.17) is 0 Å². The van der Waals surface area contributed by atoms with Crippen LogP contribution in [0.5, 0.6) is 0 Å². The summed E-state index contributed by atoms with van der Waals surface area (Å²) in [5.74, 6) is 0.184. The zero-order valence-electron chi connectivity index (χ0n) is 15.0. The van der Waals surface area contributed by atoms with Gasteiger partial charge in [0.1, 0.15) is 0 Å². The molecule has 1 aliphatic rings. The molecule has 1 aliphatic heterocycles. The molecule has 2 aromatic rings. The highest BCUT2D eigenvalue weighted by molar-refractivity contribution is 7.07. The topological polar surface area (TPSA) is 61.4 Å². The molecule has 2 N–H and O–H groups in total. The molecule has 3 amide bonds. The van der Waals surface area contributed by atoms with Crippen molar-refractivity contribution >= 4 is 29.0 Å². The first-order valence-corrected chi connectivity index (χ1v) is 10.00. The van der Waals surface area contributed by atoms with Gasteiger partial charge in [-0.3, -0.25) is 4.79 Å². The maximum absolute atomic E-state index is 12.2. The van der Waals surface area contributed by atoms with Gasteiger partial charge in [0.2, 0.25) is 5.91 Å². The lowest BCUT2D eigenvalue weighted by Crippen LogP contribution is -2.37. The lowest BCUT2D eigenvalue weighted by Gasteiger charge is -2.16. The average Bonchev–Trinajstić information content (AvgIpc) is 3.29. The lowest BCUT2D eigenvalue weighted by atomic mass is 10.1. The maximum atomic E-state index is 12.2. The molecule has 1 fully saturated rings. The van der Waals surface area contributed by atoms with E-state index in [0.29, 0.717) is 6.42 Å². The van der Waals surface area contributed by atoms with Gasteiger partial charge in [-0.15, -0.1) is 0 Å². The normalized spacial score (nSPS) is 14.9. The van der Waals surface area contributed by atoms with Gasteiger partial charge >= 0.3 is 6.03 Å². The summed E-state index contributed by atoms with van der Waals surface area (Å²) in [6, 6.07) is 9.40. The Kier molecular flexibility index (Phi) is 6.28. The minimum atomic E-state index is -0.214. The van der Waals surface area contributed by atoms with Gasteiger partial charge in [0.05, 0.1) is 6.42 Å². The van der Waals surface area contributed by atoms with Crippen LogP contribution < -0.4 is 10.6 Å². The fourth-order valence-corrected chi connectivity index (χ4v) is 3.84. The number of hydrogen-bond acceptors (Lipinski definition) is 3. The summed E-state index contributed by atoms with van der Waals surface area (Å²) >= 11 is 1.66. The van der Waals surface area contributed by atoms with Crippen LogP contribution in [-0.2, 0) is 17.6 Å². The van der Waals surface area contributed by atoms with E-state index in [9.17, 15) is 9.59 Å². The van der Waals surface area contributed by atoms with Crippen LogP contribution >= 0.6 is 11.3 Å². The fraction of sp³-hybridized carbons (Fsp3) is 0.400. The van der Waals surface area contributed by atoms with E-state index in [0.717, 1.165) is 43.6 Å². The number of rotatable bonds is 6. The van der Waals surface area contributed by atoms with E-state index < -0.39 is 0 Å². The Morgan fingerprint density at radius 2 is 1.85 bits per heavy atom. The number of nitrogens with zero attached hydrogens (tertiary/aromatic N) is 1. The number of anilines is 1. The Labute approximate surface area is 158 Å². The molecule has 0 spiro atoms. The van der Waals surface area contributed by atoms with Crippen molar-refractivity contribution in [1.82, 2.24) is 10.2 Å². The predicted molar refractivity (Wildman–Crippen MR) is 106 cm³/mol. The number of hydrogen-bond donors (Lipinski definition) is 2. The smallest absolute Gasteiger partial charge is 0.319 e. The maximum Gasteiger partial charge on any atom is 0.319 e. The predicted octanol–water partition coefficient (Wildman–Crippen LogP) is 3.67. The average molecular weight is 372 g/mol. The lowest BCUT2D eigenvalue weighted by molar-refractivity contribution is -0.129. The molecule has 1 aromatic heterocycles. The quantitative estimate of drug-likeness (QED) is 0.814. The third kappa shape index (κ3) is 5.33. The minimum Gasteiger partial charge on any atom is -0.342 e. The fourth-order valence-electron chi connectivity index (χ4n) is 3.16. The molecule has 0 unspecified atom stereocenters. The Balaban J connectivity index is 1.45. The van der Waals surface area contributed by atoms with Gasteiger partial charge in [0, 0.05) is 24.8 Å². The molecular formula is C20H25N3O2S. The first-order valence-electron chi connectivity index (χ1n) is 9.05. The number of likely N-dealkylation sites (tertiary alicyclic amines) is 1. The number of carbonyl (C=O) groups excluding carboxylic acids is 2. The van der Waals surface area contributed by atoms with Crippen LogP contribution in [0.25, 0.3) is 0 Å². The largest absolute Gasteiger partial charge is 0.342 e. The first-order chi connectivity index (χ1) is 12.6. The van der Waals surface area contributed by atoms with Crippen molar-refractivity contribution in [3.05, 3.63) is 52.2 Å². The van der Waals surface area contributed by atoms with E-state index in [1.165, 1.54) is 5.56 Å². The summed E-state index contributed by atoms with van der Waals surface area (Å²) in [7, 11) is 0. The summed E-state index contributed by atoms with van der Waals surface area (Å²) in [5, 5.41) is 9.92. The summed E-state index contributed by atoms with van der Waals surface area (Å²) in [4.78, 5) is 26.2. The number of amides is 3. The molecule has 1 atom stereocenters. The van der Waals surface area contributed by atoms with Gasteiger partial charge in [-0.2, -0.15) is 11.3 Å². The second kappa shape index (κ2) is 8.85. The van der Waals surface area contributed by atoms with Gasteiger partial charge in [-0.25, -0.2) is 4.79 Å². The van der Waals surface area contributed by atoms with Gasteiger partial charge in [-0.05, 0) is 66.3 Å². The summed E-state index contributed by atoms with van der Waals surface area (Å²) in [6.07, 6.45) is 3.45. The molecule has 2 heterocycles. The van der Waals surface area contributed by atoms with E-state index >= 15 is 0 Å². The van der Waals surface area contributed by atoms with Gasteiger partial charge in [-0.1, -0.05) is 12.1 Å². The molecule has 3 rings (SSSR count). The zero-order chi connectivity index (χ0) is 18.4. The van der Waals surface area contributed by atoms with Crippen LogP contribution in [0.3, 0.4) is 0 Å². The molecule has 0 bridgehead atoms. The first kappa shape index (κ1) is 18.5. The number of nitrogens with one attached hydrogen (secondary N) is 2. The molecule has 5 nitrogen and oxygen atoms in total. The zero-order valence-corrected chi connectivity index (χ0v) is 15.8. The van der Waals surface area contributed by atoms with Gasteiger partial charge < -0.3 is 15.5 Å². The van der Waals surface area contributed by atoms with Crippen molar-refractivity contribution in [2.75, 3.05) is 18.4 Å². The van der Waals surface area contributed by atoms with Crippen molar-refractivity contribution < 1.29 is 9.59 Å². The molecular weight excluding hydrogens is 346 g/mol. The van der Waals surface area contributed by atoms with E-state index in [2.05, 4.69) is 22.1 Å². The summed E-state index contributed by atoms with van der Waals surface area (Å²) < 4.78 is 0. The number of thiophene rings is 1. The number of benzene rings is 1. The van der Waals surface area contributed by atoms with Crippen LogP contribution in [0.2, 0.25) is 0 Å². The highest BCUT2D eigenvalue weighted by Gasteiger charge is 2.17. The highest BCUT2D eigenvalue weighted by Crippen LogP contribution is 2.14. The second-order valence-electron chi connectivity index (χ2n) is 6.80. The van der Waals surface area contributed by atoms with Gasteiger partial charge in [0.25, 0.3) is 0 Å². The summed E-state index contributed by atoms with van der Waals surface area (Å²) in [5.41, 5.74) is 2.93. The Hall–Kier alpha value is -2.34. The standard InChI is InChI=1S/C20H25N3O2S/c1-15(12-17-8-11-26-14-17)21-20(25)22-18-6-4-16(5-7-18)13-19(24)23-9-2-3-10-23/h4-8,11,14-15H,2-3,9-10,12-13H2,1H3,(H2,21,22,25)/t15-/m0/s1. The molecule has 6 heteroatoms. The number of urea groups is 1. The van der Waals surface area contributed by atoms with Crippen molar-refractivity contribution in [2.24, 2.45) is 0 Å². The third-order valence-corrected chi connectivity index (χ3v) is 5.26. The molecule has 0 radical (unpaired) electrons. The Morgan fingerprint density at radius 3 is 2.50 bits per heavy atom. The number of carbonyl (C=O) groups is 2. The molecule has 1 aromatic carbocycles. The van der Waals surface area contributed by atoms with Gasteiger partial charge in [0.15, 0.2) is 0 Å². The second-order valence-corrected chi connectivity index (χ2v) is 7.58. The Morgan fingerprint density at radius 1 is 1.12 bits per heavy atom.